The highest BCUT2D eigenvalue weighted by atomic mass is 35.5. The molecule has 1 N–H and O–H groups in total. The number of hydrogen-bond donors (Lipinski definition) is 1. The lowest BCUT2D eigenvalue weighted by Gasteiger charge is -2.27. The van der Waals surface area contributed by atoms with Gasteiger partial charge in [0.25, 0.3) is 5.91 Å². The molecular formula is C24H17ClFN7OS. The summed E-state index contributed by atoms with van der Waals surface area (Å²) in [5.74, 6) is 0.907. The lowest BCUT2D eigenvalue weighted by molar-refractivity contribution is 0.0702. The van der Waals surface area contributed by atoms with Gasteiger partial charge in [0, 0.05) is 34.6 Å². The van der Waals surface area contributed by atoms with Crippen molar-refractivity contribution in [2.24, 2.45) is 0 Å². The van der Waals surface area contributed by atoms with Crippen LogP contribution in [0.4, 0.5) is 4.39 Å². The second-order valence-corrected chi connectivity index (χ2v) is 9.33. The standard InChI is InChI=1S/C24H17ClFN7OS/c25-16-5-1-14(2-6-16)18-11-19(29-28-18)24(34)32-9-10-33-21(12-32)30-31-22(33)20-13-35-23(27-20)15-3-7-17(26)8-4-15/h1-8,11,13H,9-10,12H2,(H,28,29). The molecule has 0 radical (unpaired) electrons. The zero-order valence-corrected chi connectivity index (χ0v) is 19.7. The van der Waals surface area contributed by atoms with E-state index in [1.807, 2.05) is 22.1 Å². The van der Waals surface area contributed by atoms with Gasteiger partial charge in [-0.1, -0.05) is 23.7 Å². The van der Waals surface area contributed by atoms with Crippen LogP contribution in [0.25, 0.3) is 33.3 Å². The van der Waals surface area contributed by atoms with Crippen molar-refractivity contribution in [3.05, 3.63) is 82.3 Å². The summed E-state index contributed by atoms with van der Waals surface area (Å²) >= 11 is 7.42. The first-order valence-electron chi connectivity index (χ1n) is 10.8. The van der Waals surface area contributed by atoms with Crippen LogP contribution in [0.1, 0.15) is 16.3 Å². The van der Waals surface area contributed by atoms with E-state index in [9.17, 15) is 9.18 Å². The number of amides is 1. The van der Waals surface area contributed by atoms with Gasteiger partial charge in [-0.25, -0.2) is 9.37 Å². The van der Waals surface area contributed by atoms with Crippen LogP contribution in [0.15, 0.2) is 60.0 Å². The van der Waals surface area contributed by atoms with E-state index in [1.165, 1.54) is 23.5 Å². The lowest BCUT2D eigenvalue weighted by Crippen LogP contribution is -2.38. The fraction of sp³-hybridized carbons (Fsp3) is 0.125. The highest BCUT2D eigenvalue weighted by Gasteiger charge is 2.27. The number of carbonyl (C=O) groups excluding carboxylic acids is 1. The van der Waals surface area contributed by atoms with Gasteiger partial charge in [-0.2, -0.15) is 5.10 Å². The molecule has 6 rings (SSSR count). The summed E-state index contributed by atoms with van der Waals surface area (Å²) in [6.45, 7) is 1.38. The highest BCUT2D eigenvalue weighted by Crippen LogP contribution is 2.30. The molecule has 5 aromatic rings. The van der Waals surface area contributed by atoms with Crippen LogP contribution in [0.2, 0.25) is 5.02 Å². The molecule has 0 saturated heterocycles. The van der Waals surface area contributed by atoms with Gasteiger partial charge in [0.1, 0.15) is 22.2 Å². The van der Waals surface area contributed by atoms with Gasteiger partial charge in [0.2, 0.25) is 0 Å². The first-order valence-corrected chi connectivity index (χ1v) is 12.1. The number of rotatable bonds is 4. The van der Waals surface area contributed by atoms with Gasteiger partial charge in [-0.3, -0.25) is 9.89 Å². The summed E-state index contributed by atoms with van der Waals surface area (Å²) in [7, 11) is 0. The predicted molar refractivity (Wildman–Crippen MR) is 130 cm³/mol. The summed E-state index contributed by atoms with van der Waals surface area (Å²) in [5, 5.41) is 19.1. The van der Waals surface area contributed by atoms with Crippen molar-refractivity contribution in [3.8, 4) is 33.3 Å². The molecule has 0 saturated carbocycles. The monoisotopic (exact) mass is 505 g/mol. The lowest BCUT2D eigenvalue weighted by atomic mass is 10.1. The van der Waals surface area contributed by atoms with Crippen molar-refractivity contribution in [2.45, 2.75) is 13.1 Å². The second kappa shape index (κ2) is 8.71. The first kappa shape index (κ1) is 21.6. The number of hydrogen-bond acceptors (Lipinski definition) is 6. The minimum Gasteiger partial charge on any atom is -0.328 e. The van der Waals surface area contributed by atoms with Crippen LogP contribution in [0.3, 0.4) is 0 Å². The maximum absolute atomic E-state index is 13.2. The molecule has 1 aliphatic rings. The van der Waals surface area contributed by atoms with Crippen molar-refractivity contribution in [1.82, 2.24) is 34.8 Å². The zero-order valence-electron chi connectivity index (χ0n) is 18.2. The number of nitrogens with one attached hydrogen (secondary N) is 1. The van der Waals surface area contributed by atoms with Gasteiger partial charge >= 0.3 is 0 Å². The number of halogens is 2. The minimum atomic E-state index is -0.285. The van der Waals surface area contributed by atoms with Gasteiger partial charge in [0.05, 0.1) is 12.2 Å². The predicted octanol–water partition coefficient (Wildman–Crippen LogP) is 4.91. The van der Waals surface area contributed by atoms with Crippen molar-refractivity contribution in [1.29, 1.82) is 0 Å². The van der Waals surface area contributed by atoms with E-state index in [1.54, 1.807) is 35.2 Å². The molecule has 2 aromatic carbocycles. The summed E-state index contributed by atoms with van der Waals surface area (Å²) in [4.78, 5) is 19.5. The number of H-pyrrole nitrogens is 1. The Morgan fingerprint density at radius 3 is 2.57 bits per heavy atom. The topological polar surface area (TPSA) is 92.6 Å². The molecule has 1 aliphatic heterocycles. The SMILES string of the molecule is O=C(c1cc(-c2ccc(Cl)cc2)n[nH]1)N1CCn2c(nnc2-c2csc(-c3ccc(F)cc3)n2)C1. The fourth-order valence-electron chi connectivity index (χ4n) is 3.99. The Bertz CT molecular complexity index is 1520. The van der Waals surface area contributed by atoms with E-state index in [0.29, 0.717) is 53.4 Å². The van der Waals surface area contributed by atoms with Crippen LogP contribution < -0.4 is 0 Å². The largest absolute Gasteiger partial charge is 0.328 e. The van der Waals surface area contributed by atoms with Crippen LogP contribution in [-0.4, -0.2) is 47.3 Å². The van der Waals surface area contributed by atoms with Crippen LogP contribution in [0.5, 0.6) is 0 Å². The number of aromatic amines is 1. The molecular weight excluding hydrogens is 489 g/mol. The molecule has 4 heterocycles. The maximum atomic E-state index is 13.2. The molecule has 0 aliphatic carbocycles. The Morgan fingerprint density at radius 2 is 1.77 bits per heavy atom. The van der Waals surface area contributed by atoms with Gasteiger partial charge in [-0.15, -0.1) is 21.5 Å². The molecule has 0 fully saturated rings. The van der Waals surface area contributed by atoms with Crippen LogP contribution >= 0.6 is 22.9 Å². The fourth-order valence-corrected chi connectivity index (χ4v) is 4.92. The van der Waals surface area contributed by atoms with Gasteiger partial charge in [0.15, 0.2) is 11.6 Å². The van der Waals surface area contributed by atoms with E-state index in [0.717, 1.165) is 16.1 Å². The van der Waals surface area contributed by atoms with Crippen LogP contribution in [-0.2, 0) is 13.1 Å². The number of thiazole rings is 1. The first-order chi connectivity index (χ1) is 17.0. The molecule has 0 unspecified atom stereocenters. The number of carbonyl (C=O) groups is 1. The molecule has 3 aromatic heterocycles. The number of fused-ring (bicyclic) bond motifs is 1. The Morgan fingerprint density at radius 1 is 1.00 bits per heavy atom. The minimum absolute atomic E-state index is 0.152. The Hall–Kier alpha value is -3.89. The van der Waals surface area contributed by atoms with Crippen molar-refractivity contribution < 1.29 is 9.18 Å². The van der Waals surface area contributed by atoms with E-state index in [4.69, 9.17) is 11.6 Å². The summed E-state index contributed by atoms with van der Waals surface area (Å²) in [6, 6.07) is 15.3. The highest BCUT2D eigenvalue weighted by molar-refractivity contribution is 7.13. The molecule has 0 bridgehead atoms. The molecule has 174 valence electrons. The third-order valence-corrected chi connectivity index (χ3v) is 6.96. The summed E-state index contributed by atoms with van der Waals surface area (Å²) in [6.07, 6.45) is 0. The zero-order chi connectivity index (χ0) is 23.9. The second-order valence-electron chi connectivity index (χ2n) is 8.04. The quantitative estimate of drug-likeness (QED) is 0.375. The summed E-state index contributed by atoms with van der Waals surface area (Å²) in [5.41, 5.74) is 3.50. The van der Waals surface area contributed by atoms with Gasteiger partial charge in [-0.05, 0) is 42.5 Å². The van der Waals surface area contributed by atoms with E-state index < -0.39 is 0 Å². The molecule has 0 atom stereocenters. The van der Waals surface area contributed by atoms with E-state index >= 15 is 0 Å². The Kier molecular flexibility index (Phi) is 5.39. The van der Waals surface area contributed by atoms with Crippen molar-refractivity contribution >= 4 is 28.8 Å². The van der Waals surface area contributed by atoms with Gasteiger partial charge < -0.3 is 9.47 Å². The molecule has 35 heavy (non-hydrogen) atoms. The van der Waals surface area contributed by atoms with Crippen molar-refractivity contribution in [3.63, 3.8) is 0 Å². The van der Waals surface area contributed by atoms with Crippen molar-refractivity contribution in [2.75, 3.05) is 6.54 Å². The summed E-state index contributed by atoms with van der Waals surface area (Å²) < 4.78 is 15.2. The maximum Gasteiger partial charge on any atom is 0.272 e. The Balaban J connectivity index is 1.19. The molecule has 0 spiro atoms. The smallest absolute Gasteiger partial charge is 0.272 e. The number of benzene rings is 2. The Labute approximate surface area is 208 Å². The average Bonchev–Trinajstić information content (AvgIpc) is 3.63. The van der Waals surface area contributed by atoms with E-state index in [-0.39, 0.29) is 11.7 Å². The normalized spacial score (nSPS) is 13.1. The third kappa shape index (κ3) is 4.11. The molecule has 11 heteroatoms. The third-order valence-electron chi connectivity index (χ3n) is 5.81. The van der Waals surface area contributed by atoms with Crippen LogP contribution in [0, 0.1) is 5.82 Å². The number of nitrogens with zero attached hydrogens (tertiary/aromatic N) is 6. The number of aromatic nitrogens is 6. The molecule has 8 nitrogen and oxygen atoms in total. The average molecular weight is 506 g/mol. The van der Waals surface area contributed by atoms with E-state index in [2.05, 4.69) is 25.4 Å². The molecule has 1 amide bonds.